The van der Waals surface area contributed by atoms with Crippen LogP contribution in [0.15, 0.2) is 23.1 Å². The highest BCUT2D eigenvalue weighted by Crippen LogP contribution is 2.52. The van der Waals surface area contributed by atoms with E-state index in [9.17, 15) is 14.7 Å². The van der Waals surface area contributed by atoms with Gasteiger partial charge in [0.1, 0.15) is 0 Å². The number of amides is 1. The van der Waals surface area contributed by atoms with Gasteiger partial charge in [0.2, 0.25) is 5.56 Å². The fourth-order valence-corrected chi connectivity index (χ4v) is 4.83. The number of likely N-dealkylation sites (tertiary alicyclic amines) is 1. The van der Waals surface area contributed by atoms with Gasteiger partial charge < -0.3 is 20.3 Å². The number of nitrogens with zero attached hydrogens (tertiary/aromatic N) is 1. The molecule has 1 aromatic rings. The van der Waals surface area contributed by atoms with Crippen LogP contribution in [-0.2, 0) is 0 Å². The minimum absolute atomic E-state index is 0.0917. The number of pyridine rings is 1. The second kappa shape index (κ2) is 5.76. The standard InChI is InChI=1S/C17H25N3O3/c1-10(2)15-17(9-20(15)3)7-12(13(21)8-17)19-16(23)11-4-5-18-14(22)6-11/h4-6,10,12-13,15,21H,7-9H2,1-3H3,(H,18,22)(H,19,23)/t12-,13-,15?,17?/m1/s1. The van der Waals surface area contributed by atoms with Gasteiger partial charge in [0.25, 0.3) is 5.91 Å². The smallest absolute Gasteiger partial charge is 0.251 e. The molecule has 1 amide bonds. The molecule has 2 heterocycles. The minimum atomic E-state index is -0.532. The topological polar surface area (TPSA) is 85.4 Å². The van der Waals surface area contributed by atoms with Crippen LogP contribution in [-0.4, -0.2) is 52.7 Å². The normalized spacial score (nSPS) is 33.9. The van der Waals surface area contributed by atoms with E-state index in [0.717, 1.165) is 19.4 Å². The quantitative estimate of drug-likeness (QED) is 0.761. The zero-order chi connectivity index (χ0) is 16.8. The third-order valence-corrected chi connectivity index (χ3v) is 5.36. The first-order valence-electron chi connectivity index (χ1n) is 8.20. The highest BCUT2D eigenvalue weighted by molar-refractivity contribution is 5.94. The predicted molar refractivity (Wildman–Crippen MR) is 87.2 cm³/mol. The van der Waals surface area contributed by atoms with Crippen LogP contribution in [0, 0.1) is 11.3 Å². The number of hydrogen-bond acceptors (Lipinski definition) is 4. The van der Waals surface area contributed by atoms with Crippen LogP contribution in [0.2, 0.25) is 0 Å². The third kappa shape index (κ3) is 2.81. The molecule has 3 N–H and O–H groups in total. The first kappa shape index (κ1) is 16.2. The van der Waals surface area contributed by atoms with Gasteiger partial charge in [-0.1, -0.05) is 13.8 Å². The van der Waals surface area contributed by atoms with Gasteiger partial charge in [0, 0.05) is 35.8 Å². The van der Waals surface area contributed by atoms with Gasteiger partial charge >= 0.3 is 0 Å². The molecule has 2 aliphatic rings. The van der Waals surface area contributed by atoms with Crippen molar-refractivity contribution in [2.24, 2.45) is 11.3 Å². The maximum atomic E-state index is 12.3. The lowest BCUT2D eigenvalue weighted by Gasteiger charge is -2.57. The summed E-state index contributed by atoms with van der Waals surface area (Å²) in [6, 6.07) is 3.04. The fraction of sp³-hybridized carbons (Fsp3) is 0.647. The molecule has 0 bridgehead atoms. The van der Waals surface area contributed by atoms with E-state index in [-0.39, 0.29) is 22.9 Å². The first-order chi connectivity index (χ1) is 10.8. The largest absolute Gasteiger partial charge is 0.391 e. The average molecular weight is 319 g/mol. The molecule has 1 aliphatic heterocycles. The first-order valence-corrected chi connectivity index (χ1v) is 8.20. The van der Waals surface area contributed by atoms with Crippen molar-refractivity contribution in [3.63, 3.8) is 0 Å². The molecule has 1 aromatic heterocycles. The number of aromatic nitrogens is 1. The van der Waals surface area contributed by atoms with E-state index in [1.807, 2.05) is 0 Å². The van der Waals surface area contributed by atoms with E-state index in [1.165, 1.54) is 12.3 Å². The van der Waals surface area contributed by atoms with Gasteiger partial charge in [-0.15, -0.1) is 0 Å². The Labute approximate surface area is 135 Å². The van der Waals surface area contributed by atoms with Gasteiger partial charge in [0.15, 0.2) is 0 Å². The van der Waals surface area contributed by atoms with Crippen molar-refractivity contribution >= 4 is 5.91 Å². The van der Waals surface area contributed by atoms with Gasteiger partial charge in [-0.05, 0) is 31.9 Å². The Morgan fingerprint density at radius 1 is 1.48 bits per heavy atom. The molecule has 126 valence electrons. The summed E-state index contributed by atoms with van der Waals surface area (Å²) in [5.74, 6) is 0.217. The molecule has 0 aromatic carbocycles. The van der Waals surface area contributed by atoms with E-state index in [4.69, 9.17) is 0 Å². The summed E-state index contributed by atoms with van der Waals surface area (Å²) in [7, 11) is 2.12. The summed E-state index contributed by atoms with van der Waals surface area (Å²) < 4.78 is 0. The molecule has 0 radical (unpaired) electrons. The predicted octanol–water partition coefficient (Wildman–Crippen LogP) is 0.584. The van der Waals surface area contributed by atoms with Crippen LogP contribution in [0.25, 0.3) is 0 Å². The van der Waals surface area contributed by atoms with Crippen LogP contribution >= 0.6 is 0 Å². The average Bonchev–Trinajstić information content (AvgIpc) is 2.75. The number of aromatic amines is 1. The van der Waals surface area contributed by atoms with Crippen LogP contribution in [0.3, 0.4) is 0 Å². The zero-order valence-corrected chi connectivity index (χ0v) is 13.9. The maximum absolute atomic E-state index is 12.3. The number of carbonyl (C=O) groups is 1. The Kier molecular flexibility index (Phi) is 4.06. The molecule has 23 heavy (non-hydrogen) atoms. The van der Waals surface area contributed by atoms with Crippen molar-refractivity contribution in [1.82, 2.24) is 15.2 Å². The Balaban J connectivity index is 1.70. The molecule has 4 atom stereocenters. The molecule has 1 saturated heterocycles. The highest BCUT2D eigenvalue weighted by Gasteiger charge is 2.58. The van der Waals surface area contributed by atoms with Gasteiger partial charge in [-0.3, -0.25) is 9.59 Å². The SMILES string of the molecule is CC(C)C1N(C)CC12C[C@@H](O)[C@H](NC(=O)c1cc[nH]c(=O)c1)C2. The van der Waals surface area contributed by atoms with Gasteiger partial charge in [-0.25, -0.2) is 0 Å². The second-order valence-electron chi connectivity index (χ2n) is 7.46. The Bertz CT molecular complexity index is 652. The number of nitrogens with one attached hydrogen (secondary N) is 2. The monoisotopic (exact) mass is 319 g/mol. The highest BCUT2D eigenvalue weighted by atomic mass is 16.3. The number of aliphatic hydroxyl groups is 1. The van der Waals surface area contributed by atoms with Gasteiger partial charge in [0.05, 0.1) is 12.1 Å². The van der Waals surface area contributed by atoms with E-state index >= 15 is 0 Å². The summed E-state index contributed by atoms with van der Waals surface area (Å²) in [5, 5.41) is 13.3. The fourth-order valence-electron chi connectivity index (χ4n) is 4.83. The van der Waals surface area contributed by atoms with Gasteiger partial charge in [-0.2, -0.15) is 0 Å². The molecule has 1 aliphatic carbocycles. The number of rotatable bonds is 3. The van der Waals surface area contributed by atoms with E-state index < -0.39 is 6.10 Å². The molecular formula is C17H25N3O3. The van der Waals surface area contributed by atoms with E-state index in [1.54, 1.807) is 6.07 Å². The van der Waals surface area contributed by atoms with Crippen LogP contribution < -0.4 is 10.9 Å². The van der Waals surface area contributed by atoms with Crippen molar-refractivity contribution in [2.45, 2.75) is 44.9 Å². The van der Waals surface area contributed by atoms with Crippen molar-refractivity contribution in [2.75, 3.05) is 13.6 Å². The minimum Gasteiger partial charge on any atom is -0.391 e. The zero-order valence-electron chi connectivity index (χ0n) is 13.9. The van der Waals surface area contributed by atoms with Crippen LogP contribution in [0.5, 0.6) is 0 Å². The maximum Gasteiger partial charge on any atom is 0.251 e. The molecule has 6 nitrogen and oxygen atoms in total. The summed E-state index contributed by atoms with van der Waals surface area (Å²) >= 11 is 0. The number of carbonyl (C=O) groups excluding carboxylic acids is 1. The lowest BCUT2D eigenvalue weighted by atomic mass is 9.66. The summed E-state index contributed by atoms with van der Waals surface area (Å²) in [4.78, 5) is 28.5. The van der Waals surface area contributed by atoms with E-state index in [2.05, 4.69) is 36.1 Å². The Hall–Kier alpha value is -1.66. The molecule has 1 spiro atoms. The summed E-state index contributed by atoms with van der Waals surface area (Å²) in [6.07, 6.45) is 2.44. The number of H-pyrrole nitrogens is 1. The molecular weight excluding hydrogens is 294 g/mol. The molecule has 6 heteroatoms. The van der Waals surface area contributed by atoms with Crippen molar-refractivity contribution < 1.29 is 9.90 Å². The number of hydrogen-bond donors (Lipinski definition) is 3. The second-order valence-corrected chi connectivity index (χ2v) is 7.46. The molecule has 1 saturated carbocycles. The molecule has 2 unspecified atom stereocenters. The lowest BCUT2D eigenvalue weighted by molar-refractivity contribution is -0.0827. The van der Waals surface area contributed by atoms with Crippen molar-refractivity contribution in [1.29, 1.82) is 0 Å². The Morgan fingerprint density at radius 3 is 2.83 bits per heavy atom. The summed E-state index contributed by atoms with van der Waals surface area (Å²) in [6.45, 7) is 5.37. The van der Waals surface area contributed by atoms with Crippen LogP contribution in [0.4, 0.5) is 0 Å². The van der Waals surface area contributed by atoms with Crippen molar-refractivity contribution in [3.05, 3.63) is 34.2 Å². The van der Waals surface area contributed by atoms with E-state index in [0.29, 0.717) is 17.5 Å². The van der Waals surface area contributed by atoms with Crippen molar-refractivity contribution in [3.8, 4) is 0 Å². The molecule has 3 rings (SSSR count). The number of aliphatic hydroxyl groups excluding tert-OH is 1. The third-order valence-electron chi connectivity index (χ3n) is 5.36. The molecule has 2 fully saturated rings. The van der Waals surface area contributed by atoms with Crippen LogP contribution in [0.1, 0.15) is 37.0 Å². The Morgan fingerprint density at radius 2 is 2.22 bits per heavy atom. The summed E-state index contributed by atoms with van der Waals surface area (Å²) in [5.41, 5.74) is 0.115. The lowest BCUT2D eigenvalue weighted by Crippen LogP contribution is -2.64.